The summed E-state index contributed by atoms with van der Waals surface area (Å²) in [5.74, 6) is -0.0944. The van der Waals surface area contributed by atoms with Gasteiger partial charge in [0.1, 0.15) is 17.6 Å². The second-order valence-corrected chi connectivity index (χ2v) is 7.37. The molecule has 6 heteroatoms. The van der Waals surface area contributed by atoms with Crippen LogP contribution in [0.2, 0.25) is 0 Å². The molecule has 2 aromatic carbocycles. The zero-order chi connectivity index (χ0) is 21.9. The number of para-hydroxylation sites is 1. The third kappa shape index (κ3) is 7.17. The number of ether oxygens (including phenoxy) is 1. The Morgan fingerprint density at radius 3 is 2.40 bits per heavy atom. The summed E-state index contributed by atoms with van der Waals surface area (Å²) in [5, 5.41) is 2.90. The first-order valence-corrected chi connectivity index (χ1v) is 10.4. The maximum Gasteiger partial charge on any atom is 0.242 e. The van der Waals surface area contributed by atoms with Crippen molar-refractivity contribution >= 4 is 11.8 Å². The highest BCUT2D eigenvalue weighted by Crippen LogP contribution is 2.15. The molecular weight excluding hydrogens is 383 g/mol. The van der Waals surface area contributed by atoms with Crippen molar-refractivity contribution in [2.75, 3.05) is 6.61 Å². The Labute approximate surface area is 178 Å². The molecule has 2 amide bonds. The fraction of sp³-hybridized carbons (Fsp3) is 0.417. The lowest BCUT2D eigenvalue weighted by molar-refractivity contribution is -0.141. The number of amides is 2. The predicted octanol–water partition coefficient (Wildman–Crippen LogP) is 4.32. The lowest BCUT2D eigenvalue weighted by atomic mass is 10.1. The first kappa shape index (κ1) is 23.4. The van der Waals surface area contributed by atoms with Gasteiger partial charge in [0.2, 0.25) is 11.8 Å². The maximum absolute atomic E-state index is 14.2. The van der Waals surface area contributed by atoms with Crippen molar-refractivity contribution in [3.8, 4) is 5.75 Å². The zero-order valence-electron chi connectivity index (χ0n) is 17.9. The molecule has 0 aliphatic heterocycles. The Morgan fingerprint density at radius 1 is 1.07 bits per heavy atom. The number of rotatable bonds is 11. The van der Waals surface area contributed by atoms with Crippen molar-refractivity contribution in [1.82, 2.24) is 10.2 Å². The van der Waals surface area contributed by atoms with E-state index < -0.39 is 11.9 Å². The van der Waals surface area contributed by atoms with E-state index in [1.807, 2.05) is 44.2 Å². The van der Waals surface area contributed by atoms with Crippen LogP contribution in [0.1, 0.15) is 45.6 Å². The normalized spacial score (nSPS) is 12.7. The molecule has 0 unspecified atom stereocenters. The highest BCUT2D eigenvalue weighted by atomic mass is 19.1. The number of halogens is 1. The smallest absolute Gasteiger partial charge is 0.242 e. The minimum absolute atomic E-state index is 0.00429. The molecule has 0 fully saturated rings. The number of benzene rings is 2. The quantitative estimate of drug-likeness (QED) is 0.557. The molecule has 30 heavy (non-hydrogen) atoms. The predicted molar refractivity (Wildman–Crippen MR) is 115 cm³/mol. The van der Waals surface area contributed by atoms with E-state index in [2.05, 4.69) is 5.32 Å². The summed E-state index contributed by atoms with van der Waals surface area (Å²) in [4.78, 5) is 27.0. The van der Waals surface area contributed by atoms with Gasteiger partial charge in [-0.1, -0.05) is 43.3 Å². The monoisotopic (exact) mass is 414 g/mol. The average molecular weight is 415 g/mol. The molecule has 2 aromatic rings. The minimum Gasteiger partial charge on any atom is -0.494 e. The van der Waals surface area contributed by atoms with Gasteiger partial charge in [-0.2, -0.15) is 0 Å². The molecule has 0 spiro atoms. The molecule has 0 heterocycles. The van der Waals surface area contributed by atoms with Gasteiger partial charge in [0.05, 0.1) is 6.61 Å². The Kier molecular flexibility index (Phi) is 9.32. The van der Waals surface area contributed by atoms with E-state index in [1.165, 1.54) is 11.0 Å². The minimum atomic E-state index is -0.707. The van der Waals surface area contributed by atoms with Crippen molar-refractivity contribution in [2.45, 2.75) is 58.7 Å². The van der Waals surface area contributed by atoms with Gasteiger partial charge >= 0.3 is 0 Å². The van der Waals surface area contributed by atoms with Gasteiger partial charge in [-0.05, 0) is 44.9 Å². The summed E-state index contributed by atoms with van der Waals surface area (Å²) in [7, 11) is 0. The van der Waals surface area contributed by atoms with E-state index in [9.17, 15) is 14.0 Å². The van der Waals surface area contributed by atoms with Gasteiger partial charge in [0.15, 0.2) is 0 Å². The summed E-state index contributed by atoms with van der Waals surface area (Å²) in [6, 6.07) is 15.0. The second kappa shape index (κ2) is 12.0. The molecule has 0 aliphatic carbocycles. The number of nitrogens with one attached hydrogen (secondary N) is 1. The van der Waals surface area contributed by atoms with Gasteiger partial charge in [-0.3, -0.25) is 9.59 Å². The van der Waals surface area contributed by atoms with Crippen molar-refractivity contribution in [2.24, 2.45) is 0 Å². The average Bonchev–Trinajstić information content (AvgIpc) is 2.76. The molecule has 1 N–H and O–H groups in total. The molecule has 162 valence electrons. The largest absolute Gasteiger partial charge is 0.494 e. The lowest BCUT2D eigenvalue weighted by Gasteiger charge is -2.30. The molecule has 2 atom stereocenters. The standard InChI is InChI=1S/C24H31FN2O3/c1-4-18(2)26-24(29)19(3)27(17-20-11-8-9-14-22(20)25)23(28)15-10-16-30-21-12-6-5-7-13-21/h5-9,11-14,18-19H,4,10,15-17H2,1-3H3,(H,26,29)/t18-,19-/m0/s1. The van der Waals surface area contributed by atoms with Crippen molar-refractivity contribution in [1.29, 1.82) is 0 Å². The topological polar surface area (TPSA) is 58.6 Å². The van der Waals surface area contributed by atoms with E-state index in [1.54, 1.807) is 25.1 Å². The fourth-order valence-electron chi connectivity index (χ4n) is 2.93. The fourth-order valence-corrected chi connectivity index (χ4v) is 2.93. The van der Waals surface area contributed by atoms with Gasteiger partial charge in [-0.25, -0.2) is 4.39 Å². The highest BCUT2D eigenvalue weighted by Gasteiger charge is 2.27. The SMILES string of the molecule is CC[C@H](C)NC(=O)[C@H](C)N(Cc1ccccc1F)C(=O)CCCOc1ccccc1. The molecule has 0 saturated heterocycles. The van der Waals surface area contributed by atoms with Crippen LogP contribution in [0.4, 0.5) is 4.39 Å². The van der Waals surface area contributed by atoms with Gasteiger partial charge in [0, 0.05) is 24.6 Å². The molecule has 0 saturated carbocycles. The van der Waals surface area contributed by atoms with Gasteiger partial charge in [0.25, 0.3) is 0 Å². The summed E-state index contributed by atoms with van der Waals surface area (Å²) in [5.41, 5.74) is 0.384. The van der Waals surface area contributed by atoms with Crippen LogP contribution in [0.15, 0.2) is 54.6 Å². The Morgan fingerprint density at radius 2 is 1.73 bits per heavy atom. The molecule has 0 bridgehead atoms. The summed E-state index contributed by atoms with van der Waals surface area (Å²) >= 11 is 0. The van der Waals surface area contributed by atoms with Gasteiger partial charge in [-0.15, -0.1) is 0 Å². The molecule has 5 nitrogen and oxygen atoms in total. The van der Waals surface area contributed by atoms with E-state index in [0.717, 1.165) is 12.2 Å². The Hall–Kier alpha value is -2.89. The first-order chi connectivity index (χ1) is 14.4. The lowest BCUT2D eigenvalue weighted by Crippen LogP contribution is -2.49. The maximum atomic E-state index is 14.2. The summed E-state index contributed by atoms with van der Waals surface area (Å²) < 4.78 is 19.8. The zero-order valence-corrected chi connectivity index (χ0v) is 17.9. The van der Waals surface area contributed by atoms with E-state index in [-0.39, 0.29) is 30.8 Å². The summed E-state index contributed by atoms with van der Waals surface area (Å²) in [6.45, 7) is 5.99. The molecule has 2 rings (SSSR count). The van der Waals surface area contributed by atoms with Crippen LogP contribution >= 0.6 is 0 Å². The van der Waals surface area contributed by atoms with E-state index >= 15 is 0 Å². The van der Waals surface area contributed by atoms with Crippen molar-refractivity contribution in [3.63, 3.8) is 0 Å². The van der Waals surface area contributed by atoms with Gasteiger partial charge < -0.3 is 15.0 Å². The third-order valence-corrected chi connectivity index (χ3v) is 5.01. The number of carbonyl (C=O) groups is 2. The van der Waals surface area contributed by atoms with Crippen LogP contribution in [-0.4, -0.2) is 35.4 Å². The third-order valence-electron chi connectivity index (χ3n) is 5.01. The van der Waals surface area contributed by atoms with Crippen LogP contribution in [0.3, 0.4) is 0 Å². The molecule has 0 aliphatic rings. The number of nitrogens with zero attached hydrogens (tertiary/aromatic N) is 1. The number of hydrogen-bond donors (Lipinski definition) is 1. The van der Waals surface area contributed by atoms with Crippen molar-refractivity contribution in [3.05, 3.63) is 66.0 Å². The number of carbonyl (C=O) groups excluding carboxylic acids is 2. The molecular formula is C24H31FN2O3. The van der Waals surface area contributed by atoms with E-state index in [4.69, 9.17) is 4.74 Å². The summed E-state index contributed by atoms with van der Waals surface area (Å²) in [6.07, 6.45) is 1.50. The van der Waals surface area contributed by atoms with Crippen LogP contribution in [0, 0.1) is 5.82 Å². The van der Waals surface area contributed by atoms with E-state index in [0.29, 0.717) is 18.6 Å². The van der Waals surface area contributed by atoms with Crippen LogP contribution in [-0.2, 0) is 16.1 Å². The highest BCUT2D eigenvalue weighted by molar-refractivity contribution is 5.87. The Balaban J connectivity index is 2.02. The van der Waals surface area contributed by atoms with Crippen LogP contribution < -0.4 is 10.1 Å². The number of hydrogen-bond acceptors (Lipinski definition) is 3. The van der Waals surface area contributed by atoms with Crippen LogP contribution in [0.5, 0.6) is 5.75 Å². The molecule has 0 aromatic heterocycles. The molecule has 0 radical (unpaired) electrons. The second-order valence-electron chi connectivity index (χ2n) is 7.37. The Bertz CT molecular complexity index is 813. The first-order valence-electron chi connectivity index (χ1n) is 10.4. The van der Waals surface area contributed by atoms with Crippen LogP contribution in [0.25, 0.3) is 0 Å². The van der Waals surface area contributed by atoms with Crippen molar-refractivity contribution < 1.29 is 18.7 Å².